The molecule has 21 heavy (non-hydrogen) atoms. The molecule has 2 N–H and O–H groups in total. The highest BCUT2D eigenvalue weighted by Crippen LogP contribution is 2.30. The first kappa shape index (κ1) is 15.3. The van der Waals surface area contributed by atoms with Gasteiger partial charge in [-0.15, -0.1) is 0 Å². The summed E-state index contributed by atoms with van der Waals surface area (Å²) in [6.45, 7) is 0.600. The molecular formula is C13H17N3O5. The van der Waals surface area contributed by atoms with Gasteiger partial charge in [-0.2, -0.15) is 0 Å². The monoisotopic (exact) mass is 295 g/mol. The topological polar surface area (TPSA) is 122 Å². The number of ether oxygens (including phenoxy) is 1. The van der Waals surface area contributed by atoms with E-state index in [1.165, 1.54) is 12.1 Å². The summed E-state index contributed by atoms with van der Waals surface area (Å²) < 4.78 is 5.73. The van der Waals surface area contributed by atoms with Crippen molar-refractivity contribution in [3.63, 3.8) is 0 Å². The highest BCUT2D eigenvalue weighted by Gasteiger charge is 2.28. The smallest absolute Gasteiger partial charge is 0.281 e. The van der Waals surface area contributed by atoms with Gasteiger partial charge in [0, 0.05) is 6.07 Å². The maximum Gasteiger partial charge on any atom is 0.281 e. The van der Waals surface area contributed by atoms with Crippen LogP contribution in [0.25, 0.3) is 0 Å². The Labute approximate surface area is 121 Å². The second kappa shape index (κ2) is 6.59. The van der Waals surface area contributed by atoms with E-state index in [2.05, 4.69) is 0 Å². The van der Waals surface area contributed by atoms with Crippen LogP contribution in [-0.4, -0.2) is 22.5 Å². The first-order chi connectivity index (χ1) is 10.0. The summed E-state index contributed by atoms with van der Waals surface area (Å²) in [6, 6.07) is 3.59. The molecule has 0 aliphatic heterocycles. The molecule has 114 valence electrons. The Morgan fingerprint density at radius 2 is 2.00 bits per heavy atom. The van der Waals surface area contributed by atoms with Crippen molar-refractivity contribution in [3.8, 4) is 0 Å². The van der Waals surface area contributed by atoms with Gasteiger partial charge in [-0.05, 0) is 31.4 Å². The largest absolute Gasteiger partial charge is 0.373 e. The van der Waals surface area contributed by atoms with Crippen molar-refractivity contribution in [2.45, 2.75) is 32.0 Å². The van der Waals surface area contributed by atoms with E-state index in [1.807, 2.05) is 0 Å². The maximum absolute atomic E-state index is 11.0. The number of hydrogen-bond donors (Lipinski definition) is 1. The number of rotatable bonds is 6. The van der Waals surface area contributed by atoms with Crippen LogP contribution in [0.4, 0.5) is 11.4 Å². The molecular weight excluding hydrogens is 278 g/mol. The quantitative estimate of drug-likeness (QED) is 0.633. The van der Waals surface area contributed by atoms with Crippen molar-refractivity contribution in [2.24, 2.45) is 11.7 Å². The molecule has 8 heteroatoms. The molecule has 1 aliphatic carbocycles. The summed E-state index contributed by atoms with van der Waals surface area (Å²) in [6.07, 6.45) is 2.94. The summed E-state index contributed by atoms with van der Waals surface area (Å²) in [5, 5.41) is 21.7. The van der Waals surface area contributed by atoms with Crippen LogP contribution in [0.2, 0.25) is 0 Å². The molecule has 2 unspecified atom stereocenters. The lowest BCUT2D eigenvalue weighted by molar-refractivity contribution is -0.394. The molecule has 1 fully saturated rings. The zero-order valence-electron chi connectivity index (χ0n) is 11.4. The van der Waals surface area contributed by atoms with Crippen molar-refractivity contribution in [1.29, 1.82) is 0 Å². The first-order valence-electron chi connectivity index (χ1n) is 6.76. The molecule has 0 aromatic heterocycles. The summed E-state index contributed by atoms with van der Waals surface area (Å²) in [5.74, 6) is 0.280. The van der Waals surface area contributed by atoms with E-state index in [0.29, 0.717) is 12.1 Å². The lowest BCUT2D eigenvalue weighted by Gasteiger charge is -2.18. The third kappa shape index (κ3) is 3.53. The van der Waals surface area contributed by atoms with E-state index >= 15 is 0 Å². The van der Waals surface area contributed by atoms with Crippen LogP contribution in [0.5, 0.6) is 0 Å². The molecule has 0 amide bonds. The minimum atomic E-state index is -0.654. The van der Waals surface area contributed by atoms with Gasteiger partial charge in [0.15, 0.2) is 0 Å². The minimum absolute atomic E-state index is 0.00444. The number of hydrogen-bond acceptors (Lipinski definition) is 6. The van der Waals surface area contributed by atoms with Gasteiger partial charge in [-0.25, -0.2) is 0 Å². The number of nitrogens with zero attached hydrogens (tertiary/aromatic N) is 2. The fourth-order valence-electron chi connectivity index (χ4n) is 2.65. The van der Waals surface area contributed by atoms with Gasteiger partial charge in [-0.1, -0.05) is 6.42 Å². The molecule has 1 aromatic carbocycles. The number of nitro groups is 2. The van der Waals surface area contributed by atoms with Crippen LogP contribution in [0, 0.1) is 26.1 Å². The third-order valence-corrected chi connectivity index (χ3v) is 3.82. The Bertz CT molecular complexity index is 549. The Balaban J connectivity index is 2.12. The van der Waals surface area contributed by atoms with Crippen molar-refractivity contribution in [1.82, 2.24) is 0 Å². The molecule has 1 aromatic rings. The molecule has 2 rings (SSSR count). The molecule has 1 aliphatic rings. The van der Waals surface area contributed by atoms with Gasteiger partial charge in [-0.3, -0.25) is 20.2 Å². The Kier molecular flexibility index (Phi) is 4.81. The van der Waals surface area contributed by atoms with E-state index in [-0.39, 0.29) is 30.0 Å². The Morgan fingerprint density at radius 1 is 1.24 bits per heavy atom. The number of non-ortho nitro benzene ring substituents is 1. The SMILES string of the molecule is NCC1CCCC1OCc1ccc([N+](=O)[O-])cc1[N+](=O)[O-]. The molecule has 0 spiro atoms. The van der Waals surface area contributed by atoms with Crippen LogP contribution in [0.3, 0.4) is 0 Å². The van der Waals surface area contributed by atoms with Gasteiger partial charge < -0.3 is 10.5 Å². The molecule has 8 nitrogen and oxygen atoms in total. The van der Waals surface area contributed by atoms with Gasteiger partial charge in [0.2, 0.25) is 0 Å². The van der Waals surface area contributed by atoms with Gasteiger partial charge in [0.1, 0.15) is 0 Å². The van der Waals surface area contributed by atoms with E-state index in [9.17, 15) is 20.2 Å². The normalized spacial score (nSPS) is 21.4. The highest BCUT2D eigenvalue weighted by atomic mass is 16.6. The van der Waals surface area contributed by atoms with E-state index in [1.54, 1.807) is 0 Å². The lowest BCUT2D eigenvalue weighted by Crippen LogP contribution is -2.25. The summed E-state index contributed by atoms with van der Waals surface area (Å²) in [5.41, 5.74) is 5.42. The van der Waals surface area contributed by atoms with Gasteiger partial charge in [0.05, 0.1) is 34.2 Å². The molecule has 0 heterocycles. The Hall–Kier alpha value is -2.06. The molecule has 2 atom stereocenters. The molecule has 1 saturated carbocycles. The zero-order chi connectivity index (χ0) is 15.4. The van der Waals surface area contributed by atoms with Crippen LogP contribution in [-0.2, 0) is 11.3 Å². The zero-order valence-corrected chi connectivity index (χ0v) is 11.4. The van der Waals surface area contributed by atoms with Gasteiger partial charge in [0.25, 0.3) is 11.4 Å². The standard InChI is InChI=1S/C13H17N3O5/c14-7-9-2-1-3-13(9)21-8-10-4-5-11(15(17)18)6-12(10)16(19)20/h4-6,9,13H,1-3,7-8,14H2. The summed E-state index contributed by atoms with van der Waals surface area (Å²) in [4.78, 5) is 20.4. The molecule has 0 bridgehead atoms. The van der Waals surface area contributed by atoms with Crippen molar-refractivity contribution in [2.75, 3.05) is 6.54 Å². The van der Waals surface area contributed by atoms with E-state index < -0.39 is 9.85 Å². The summed E-state index contributed by atoms with van der Waals surface area (Å²) >= 11 is 0. The maximum atomic E-state index is 11.0. The first-order valence-corrected chi connectivity index (χ1v) is 6.76. The van der Waals surface area contributed by atoms with Crippen molar-refractivity contribution in [3.05, 3.63) is 44.0 Å². The van der Waals surface area contributed by atoms with Crippen LogP contribution in [0.15, 0.2) is 18.2 Å². The number of nitrogens with two attached hydrogens (primary N) is 1. The number of benzene rings is 1. The van der Waals surface area contributed by atoms with E-state index in [0.717, 1.165) is 25.3 Å². The third-order valence-electron chi connectivity index (χ3n) is 3.82. The van der Waals surface area contributed by atoms with E-state index in [4.69, 9.17) is 10.5 Å². The number of nitro benzene ring substituents is 2. The predicted octanol–water partition coefficient (Wildman–Crippen LogP) is 2.15. The fraction of sp³-hybridized carbons (Fsp3) is 0.538. The second-order valence-electron chi connectivity index (χ2n) is 5.10. The van der Waals surface area contributed by atoms with Crippen LogP contribution in [0.1, 0.15) is 24.8 Å². The lowest BCUT2D eigenvalue weighted by atomic mass is 10.1. The molecule has 0 radical (unpaired) electrons. The second-order valence-corrected chi connectivity index (χ2v) is 5.10. The average Bonchev–Trinajstić information content (AvgIpc) is 2.92. The Morgan fingerprint density at radius 3 is 2.62 bits per heavy atom. The van der Waals surface area contributed by atoms with Crippen LogP contribution < -0.4 is 5.73 Å². The fourth-order valence-corrected chi connectivity index (χ4v) is 2.65. The minimum Gasteiger partial charge on any atom is -0.373 e. The van der Waals surface area contributed by atoms with Crippen LogP contribution >= 0.6 is 0 Å². The summed E-state index contributed by atoms with van der Waals surface area (Å²) in [7, 11) is 0. The van der Waals surface area contributed by atoms with Gasteiger partial charge >= 0.3 is 0 Å². The molecule has 0 saturated heterocycles. The average molecular weight is 295 g/mol. The van der Waals surface area contributed by atoms with Crippen molar-refractivity contribution < 1.29 is 14.6 Å². The predicted molar refractivity (Wildman–Crippen MR) is 74.7 cm³/mol. The highest BCUT2D eigenvalue weighted by molar-refractivity contribution is 5.48. The van der Waals surface area contributed by atoms with Crippen molar-refractivity contribution >= 4 is 11.4 Å².